The predicted octanol–water partition coefficient (Wildman–Crippen LogP) is 24.5. The first-order valence-corrected chi connectivity index (χ1v) is 37.5. The Labute approximate surface area is 443 Å². The van der Waals surface area contributed by atoms with E-state index in [1.54, 1.807) is 0 Å². The van der Waals surface area contributed by atoms with Crippen LogP contribution in [0.25, 0.3) is 0 Å². The molecule has 0 saturated carbocycles. The molecule has 0 unspecified atom stereocenters. The van der Waals surface area contributed by atoms with E-state index < -0.39 is 14.7 Å². The van der Waals surface area contributed by atoms with Gasteiger partial charge in [0.15, 0.2) is 0 Å². The molecule has 0 atom stereocenters. The number of phosphoric acid groups is 1. The van der Waals surface area contributed by atoms with Gasteiger partial charge in [0, 0.05) is 0 Å². The zero-order valence-corrected chi connectivity index (χ0v) is 50.8. The van der Waals surface area contributed by atoms with Gasteiger partial charge in [0.2, 0.25) is 0 Å². The minimum atomic E-state index is -4.65. The summed E-state index contributed by atoms with van der Waals surface area (Å²) < 4.78 is 20.0. The van der Waals surface area contributed by atoms with E-state index in [9.17, 15) is 14.4 Å². The average Bonchev–Trinajstić information content (AvgIpc) is 3.34. The van der Waals surface area contributed by atoms with Gasteiger partial charge in [-0.1, -0.05) is 105 Å². The Bertz CT molecular complexity index is 907. The summed E-state index contributed by atoms with van der Waals surface area (Å²) in [5.41, 5.74) is 0. The molecule has 6 heteroatoms. The molecule has 0 amide bonds. The van der Waals surface area contributed by atoms with Crippen molar-refractivity contribution in [3.8, 4) is 0 Å². The van der Waals surface area contributed by atoms with Gasteiger partial charge in [-0.15, -0.1) is 0 Å². The summed E-state index contributed by atoms with van der Waals surface area (Å²) in [7, 11) is -4.65. The first-order chi connectivity index (χ1) is 34.3. The Hall–Kier alpha value is 0.540. The maximum absolute atomic E-state index is 13.3. The van der Waals surface area contributed by atoms with Crippen molar-refractivity contribution in [1.82, 2.24) is 0 Å². The van der Waals surface area contributed by atoms with Crippen molar-refractivity contribution in [2.24, 2.45) is 0 Å². The van der Waals surface area contributed by atoms with Gasteiger partial charge in [0.05, 0.1) is 0 Å². The molecule has 70 heavy (non-hydrogen) atoms. The van der Waals surface area contributed by atoms with Gasteiger partial charge in [-0.25, -0.2) is 0 Å². The summed E-state index contributed by atoms with van der Waals surface area (Å²) in [4.78, 5) is 21.8. The Morgan fingerprint density at radius 1 is 0.229 bits per heavy atom. The Morgan fingerprint density at radius 2 is 0.343 bits per heavy atom. The van der Waals surface area contributed by atoms with Gasteiger partial charge in [-0.05, 0) is 0 Å². The molecule has 0 radical (unpaired) electrons. The van der Waals surface area contributed by atoms with Crippen LogP contribution in [0.1, 0.15) is 387 Å². The molecule has 0 aliphatic carbocycles. The molecule has 0 spiro atoms. The second-order valence-electron chi connectivity index (χ2n) is 23.7. The van der Waals surface area contributed by atoms with Crippen molar-refractivity contribution in [2.75, 3.05) is 24.6 Å². The zero-order valence-electron chi connectivity index (χ0n) is 49.0. The number of hydrogen-bond donors (Lipinski definition) is 2. The van der Waals surface area contributed by atoms with Gasteiger partial charge in [0.1, 0.15) is 0 Å². The van der Waals surface area contributed by atoms with E-state index >= 15 is 0 Å². The van der Waals surface area contributed by atoms with E-state index in [4.69, 9.17) is 4.31 Å². The van der Waals surface area contributed by atoms with Crippen LogP contribution < -0.4 is 0 Å². The van der Waals surface area contributed by atoms with Crippen molar-refractivity contribution >= 4 is 14.7 Å². The molecule has 0 fully saturated rings. The Kier molecular flexibility index (Phi) is 54.8. The monoisotopic (exact) mass is 1030 g/mol. The van der Waals surface area contributed by atoms with Crippen molar-refractivity contribution in [3.05, 3.63) is 0 Å². The molecule has 0 saturated heterocycles. The van der Waals surface area contributed by atoms with Crippen LogP contribution in [0, 0.1) is 0 Å². The normalized spacial score (nSPS) is 12.9. The van der Waals surface area contributed by atoms with Crippen LogP contribution >= 0.6 is 14.7 Å². The molecule has 2 N–H and O–H groups in total. The first-order valence-electron chi connectivity index (χ1n) is 33.0. The fourth-order valence-corrected chi connectivity index (χ4v) is 21.1. The fourth-order valence-electron chi connectivity index (χ4n) is 12.0. The summed E-state index contributed by atoms with van der Waals surface area (Å²) in [6.45, 7) is 6.04. The molecule has 0 bridgehead atoms. The van der Waals surface area contributed by atoms with E-state index in [1.807, 2.05) is 0 Å². The topological polar surface area (TPSA) is 66.8 Å². The van der Waals surface area contributed by atoms with Crippen LogP contribution in [0.2, 0.25) is 0 Å². The number of rotatable bonds is 62. The molecular formula is C64H134O4P2. The SMILES string of the molecule is CCCCCCCCCCCCCCCCP(CCCCCCCCCCCCCCCC)(CCCCCCCCCCCCCCCC)(CCCCCCCCCCCCCCCC)OP(=O)(O)O. The Balaban J connectivity index is 5.58. The summed E-state index contributed by atoms with van der Waals surface area (Å²) in [6, 6.07) is 0. The molecular weight excluding hydrogens is 895 g/mol. The van der Waals surface area contributed by atoms with E-state index in [0.29, 0.717) is 0 Å². The minimum absolute atomic E-state index is 0.948. The van der Waals surface area contributed by atoms with Crippen LogP contribution in [-0.4, -0.2) is 34.4 Å². The van der Waals surface area contributed by atoms with Gasteiger partial charge < -0.3 is 0 Å². The predicted molar refractivity (Wildman–Crippen MR) is 321 cm³/mol. The molecule has 0 rings (SSSR count). The first kappa shape index (κ1) is 70.5. The second kappa shape index (κ2) is 54.3. The molecule has 0 aliphatic heterocycles. The average molecular weight is 1030 g/mol. The zero-order chi connectivity index (χ0) is 51.1. The van der Waals surface area contributed by atoms with Crippen LogP contribution in [0.4, 0.5) is 0 Å². The molecule has 0 aromatic rings. The fraction of sp³-hybridized carbons (Fsp3) is 1.00. The van der Waals surface area contributed by atoms with Crippen LogP contribution in [0.3, 0.4) is 0 Å². The summed E-state index contributed by atoms with van der Waals surface area (Å²) in [6.07, 6.45) is 78.7. The number of unbranched alkanes of at least 4 members (excludes halogenated alkanes) is 52. The molecule has 4 nitrogen and oxygen atoms in total. The van der Waals surface area contributed by atoms with E-state index in [2.05, 4.69) is 27.7 Å². The molecule has 0 aromatic carbocycles. The number of hydrogen-bond acceptors (Lipinski definition) is 2. The quantitative estimate of drug-likeness (QED) is 0.0471. The molecule has 424 valence electrons. The summed E-state index contributed by atoms with van der Waals surface area (Å²) in [5, 5.41) is 0. The third-order valence-corrected chi connectivity index (χ3v) is 25.1. The molecule has 0 heterocycles. The van der Waals surface area contributed by atoms with Gasteiger partial charge >= 0.3 is 340 Å². The van der Waals surface area contributed by atoms with Crippen molar-refractivity contribution in [1.29, 1.82) is 0 Å². The van der Waals surface area contributed by atoms with Crippen LogP contribution in [0.15, 0.2) is 0 Å². The van der Waals surface area contributed by atoms with Crippen molar-refractivity contribution < 1.29 is 18.7 Å². The standard InChI is InChI=1S/C64H134O4P2/c1-5-9-13-17-21-25-29-33-37-41-45-49-53-57-61-70(68-69(65,66)67,62-58-54-50-46-42-38-34-30-26-22-18-14-10-6-2,63-59-55-51-47-43-39-35-31-27-23-19-15-11-7-3)64-60-56-52-48-44-40-36-32-28-24-20-16-12-8-4/h5-64H2,1-4H3,(H2,65,66,67). The van der Waals surface area contributed by atoms with Gasteiger partial charge in [0.25, 0.3) is 0 Å². The van der Waals surface area contributed by atoms with Gasteiger partial charge in [-0.2, -0.15) is 0 Å². The summed E-state index contributed by atoms with van der Waals surface area (Å²) >= 11 is 0. The van der Waals surface area contributed by atoms with E-state index in [1.165, 1.54) is 334 Å². The molecule has 0 aromatic heterocycles. The van der Waals surface area contributed by atoms with Gasteiger partial charge in [-0.3, -0.25) is 0 Å². The third kappa shape index (κ3) is 49.4. The van der Waals surface area contributed by atoms with Crippen molar-refractivity contribution in [3.63, 3.8) is 0 Å². The molecule has 0 aliphatic rings. The van der Waals surface area contributed by atoms with Crippen LogP contribution in [0.5, 0.6) is 0 Å². The third-order valence-electron chi connectivity index (χ3n) is 16.6. The summed E-state index contributed by atoms with van der Waals surface area (Å²) in [5.74, 6) is 0. The Morgan fingerprint density at radius 3 is 0.457 bits per heavy atom. The second-order valence-corrected chi connectivity index (χ2v) is 30.8. The van der Waals surface area contributed by atoms with Crippen molar-refractivity contribution in [2.45, 2.75) is 387 Å². The van der Waals surface area contributed by atoms with E-state index in [0.717, 1.165) is 50.3 Å². The van der Waals surface area contributed by atoms with E-state index in [-0.39, 0.29) is 0 Å². The maximum atomic E-state index is 13.3. The van der Waals surface area contributed by atoms with Crippen LogP contribution in [-0.2, 0) is 8.88 Å².